The van der Waals surface area contributed by atoms with Crippen molar-refractivity contribution in [2.75, 3.05) is 24.5 Å². The number of imidazole rings is 1. The van der Waals surface area contributed by atoms with Crippen LogP contribution in [0.2, 0.25) is 5.28 Å². The molecule has 0 spiro atoms. The van der Waals surface area contributed by atoms with Crippen LogP contribution in [0.5, 0.6) is 0 Å². The Morgan fingerprint density at radius 2 is 1.55 bits per heavy atom. The second-order valence-electron chi connectivity index (χ2n) is 8.38. The minimum Gasteiger partial charge on any atom is -0.349 e. The summed E-state index contributed by atoms with van der Waals surface area (Å²) in [6.07, 6.45) is 0. The molecule has 1 saturated heterocycles. The average Bonchev–Trinajstić information content (AvgIpc) is 3.16. The number of hydrogen-bond donors (Lipinski definition) is 1. The van der Waals surface area contributed by atoms with Gasteiger partial charge in [0.1, 0.15) is 17.5 Å². The largest absolute Gasteiger partial charge is 0.349 e. The number of halogens is 3. The van der Waals surface area contributed by atoms with Crippen LogP contribution in [0.4, 0.5) is 14.6 Å². The van der Waals surface area contributed by atoms with Gasteiger partial charge >= 0.3 is 0 Å². The van der Waals surface area contributed by atoms with Crippen molar-refractivity contribution in [3.05, 3.63) is 82.4 Å². The number of anilines is 1. The number of aromatic amines is 1. The van der Waals surface area contributed by atoms with E-state index in [1.165, 1.54) is 24.3 Å². The Balaban J connectivity index is 1.47. The van der Waals surface area contributed by atoms with E-state index in [0.29, 0.717) is 30.1 Å². The summed E-state index contributed by atoms with van der Waals surface area (Å²) in [6, 6.07) is 13.0. The number of benzene rings is 2. The van der Waals surface area contributed by atoms with Crippen molar-refractivity contribution in [3.8, 4) is 0 Å². The fourth-order valence-corrected chi connectivity index (χ4v) is 4.78. The standard InChI is InChI=1S/C24H23ClF2N6/c1-14-13-32(11-12-33(14)23-20-22(29-15(2)28-20)30-24(25)31-23)21(16-3-7-18(26)8-4-16)17-5-9-19(27)10-6-17/h3-10,14,21H,11-13H2,1-2H3,(H,28,29,30,31). The predicted octanol–water partition coefficient (Wildman–Crippen LogP) is 4.89. The van der Waals surface area contributed by atoms with E-state index in [4.69, 9.17) is 11.6 Å². The molecule has 0 amide bonds. The van der Waals surface area contributed by atoms with Crippen molar-refractivity contribution in [2.24, 2.45) is 0 Å². The number of nitrogens with one attached hydrogen (secondary N) is 1. The van der Waals surface area contributed by atoms with E-state index < -0.39 is 0 Å². The van der Waals surface area contributed by atoms with Crippen molar-refractivity contribution in [1.82, 2.24) is 24.8 Å². The number of aryl methyl sites for hydroxylation is 1. The van der Waals surface area contributed by atoms with Gasteiger partial charge in [0.15, 0.2) is 17.0 Å². The first-order chi connectivity index (χ1) is 15.9. The Hall–Kier alpha value is -3.10. The van der Waals surface area contributed by atoms with Crippen molar-refractivity contribution < 1.29 is 8.78 Å². The summed E-state index contributed by atoms with van der Waals surface area (Å²) in [4.78, 5) is 21.0. The summed E-state index contributed by atoms with van der Waals surface area (Å²) in [5, 5.41) is 0.172. The molecule has 2 aromatic carbocycles. The number of aromatic nitrogens is 4. The van der Waals surface area contributed by atoms with Crippen LogP contribution in [-0.2, 0) is 0 Å². The minimum absolute atomic E-state index is 0.0910. The molecule has 0 radical (unpaired) electrons. The van der Waals surface area contributed by atoms with Crippen molar-refractivity contribution in [1.29, 1.82) is 0 Å². The lowest BCUT2D eigenvalue weighted by atomic mass is 9.95. The van der Waals surface area contributed by atoms with Crippen LogP contribution < -0.4 is 4.90 Å². The third-order valence-electron chi connectivity index (χ3n) is 6.08. The highest BCUT2D eigenvalue weighted by Gasteiger charge is 2.32. The summed E-state index contributed by atoms with van der Waals surface area (Å²) in [5.41, 5.74) is 3.23. The molecular weight excluding hydrogens is 446 g/mol. The number of fused-ring (bicyclic) bond motifs is 1. The van der Waals surface area contributed by atoms with Gasteiger partial charge in [-0.15, -0.1) is 0 Å². The molecule has 170 valence electrons. The van der Waals surface area contributed by atoms with Gasteiger partial charge < -0.3 is 9.88 Å². The monoisotopic (exact) mass is 468 g/mol. The van der Waals surface area contributed by atoms with E-state index in [9.17, 15) is 8.78 Å². The Labute approximate surface area is 195 Å². The van der Waals surface area contributed by atoms with E-state index in [1.54, 1.807) is 24.3 Å². The average molecular weight is 469 g/mol. The summed E-state index contributed by atoms with van der Waals surface area (Å²) < 4.78 is 27.2. The first kappa shape index (κ1) is 21.7. The van der Waals surface area contributed by atoms with Crippen molar-refractivity contribution >= 4 is 28.6 Å². The molecule has 1 N–H and O–H groups in total. The van der Waals surface area contributed by atoms with Crippen LogP contribution in [0.15, 0.2) is 48.5 Å². The molecule has 3 heterocycles. The number of nitrogens with zero attached hydrogens (tertiary/aromatic N) is 5. The fourth-order valence-electron chi connectivity index (χ4n) is 4.61. The minimum atomic E-state index is -0.284. The maximum absolute atomic E-state index is 13.6. The van der Waals surface area contributed by atoms with Crippen molar-refractivity contribution in [2.45, 2.75) is 25.9 Å². The molecule has 9 heteroatoms. The van der Waals surface area contributed by atoms with Crippen LogP contribution in [0.1, 0.15) is 29.9 Å². The molecule has 0 aliphatic carbocycles. The highest BCUT2D eigenvalue weighted by molar-refractivity contribution is 6.28. The molecule has 33 heavy (non-hydrogen) atoms. The molecule has 1 unspecified atom stereocenters. The highest BCUT2D eigenvalue weighted by Crippen LogP contribution is 2.33. The summed E-state index contributed by atoms with van der Waals surface area (Å²) in [5.74, 6) is 0.894. The molecule has 1 atom stereocenters. The van der Waals surface area contributed by atoms with Crippen LogP contribution in [0, 0.1) is 18.6 Å². The fraction of sp³-hybridized carbons (Fsp3) is 0.292. The zero-order valence-electron chi connectivity index (χ0n) is 18.3. The van der Waals surface area contributed by atoms with Gasteiger partial charge in [-0.3, -0.25) is 4.90 Å². The highest BCUT2D eigenvalue weighted by atomic mass is 35.5. The Kier molecular flexibility index (Phi) is 5.72. The summed E-state index contributed by atoms with van der Waals surface area (Å²) in [6.45, 7) is 6.12. The van der Waals surface area contributed by atoms with E-state index >= 15 is 0 Å². The van der Waals surface area contributed by atoms with E-state index in [-0.39, 0.29) is 29.0 Å². The number of rotatable bonds is 4. The van der Waals surface area contributed by atoms with Crippen LogP contribution in [-0.4, -0.2) is 50.5 Å². The zero-order chi connectivity index (χ0) is 23.1. The maximum atomic E-state index is 13.6. The molecule has 5 rings (SSSR count). The van der Waals surface area contributed by atoms with Gasteiger partial charge in [0.2, 0.25) is 5.28 Å². The number of piperazine rings is 1. The van der Waals surface area contributed by atoms with Crippen LogP contribution >= 0.6 is 11.6 Å². The van der Waals surface area contributed by atoms with E-state index in [2.05, 4.69) is 36.7 Å². The summed E-state index contributed by atoms with van der Waals surface area (Å²) >= 11 is 6.20. The third kappa shape index (κ3) is 4.28. The van der Waals surface area contributed by atoms with Gasteiger partial charge in [-0.2, -0.15) is 9.97 Å². The Morgan fingerprint density at radius 3 is 2.12 bits per heavy atom. The normalized spacial score (nSPS) is 17.3. The first-order valence-electron chi connectivity index (χ1n) is 10.8. The molecule has 6 nitrogen and oxygen atoms in total. The molecule has 4 aromatic rings. The van der Waals surface area contributed by atoms with Gasteiger partial charge in [0, 0.05) is 25.7 Å². The molecular formula is C24H23ClF2N6. The third-order valence-corrected chi connectivity index (χ3v) is 6.25. The van der Waals surface area contributed by atoms with Gasteiger partial charge in [0.05, 0.1) is 6.04 Å². The lowest BCUT2D eigenvalue weighted by Crippen LogP contribution is -2.53. The Morgan fingerprint density at radius 1 is 0.939 bits per heavy atom. The number of hydrogen-bond acceptors (Lipinski definition) is 5. The van der Waals surface area contributed by atoms with Gasteiger partial charge in [-0.1, -0.05) is 24.3 Å². The second kappa shape index (κ2) is 8.68. The van der Waals surface area contributed by atoms with Gasteiger partial charge in [0.25, 0.3) is 0 Å². The second-order valence-corrected chi connectivity index (χ2v) is 8.72. The van der Waals surface area contributed by atoms with Gasteiger partial charge in [-0.05, 0) is 60.8 Å². The smallest absolute Gasteiger partial charge is 0.226 e. The molecule has 2 aromatic heterocycles. The van der Waals surface area contributed by atoms with Crippen molar-refractivity contribution in [3.63, 3.8) is 0 Å². The van der Waals surface area contributed by atoms with E-state index in [0.717, 1.165) is 23.5 Å². The first-order valence-corrected chi connectivity index (χ1v) is 11.2. The maximum Gasteiger partial charge on any atom is 0.226 e. The molecule has 1 aliphatic rings. The topological polar surface area (TPSA) is 60.9 Å². The van der Waals surface area contributed by atoms with Gasteiger partial charge in [-0.25, -0.2) is 13.8 Å². The lowest BCUT2D eigenvalue weighted by Gasteiger charge is -2.44. The van der Waals surface area contributed by atoms with E-state index in [1.807, 2.05) is 6.92 Å². The molecule has 0 saturated carbocycles. The quantitative estimate of drug-likeness (QED) is 0.432. The molecule has 0 bridgehead atoms. The SMILES string of the molecule is Cc1nc2c(N3CCN(C(c4ccc(F)cc4)c4ccc(F)cc4)CC3C)nc(Cl)nc2[nH]1. The summed E-state index contributed by atoms with van der Waals surface area (Å²) in [7, 11) is 0. The lowest BCUT2D eigenvalue weighted by molar-refractivity contribution is 0.187. The zero-order valence-corrected chi connectivity index (χ0v) is 19.0. The molecule has 1 aliphatic heterocycles. The van der Waals surface area contributed by atoms with Crippen LogP contribution in [0.3, 0.4) is 0 Å². The number of H-pyrrole nitrogens is 1. The molecule has 1 fully saturated rings. The Bertz CT molecular complexity index is 1230. The predicted molar refractivity (Wildman–Crippen MR) is 124 cm³/mol. The van der Waals surface area contributed by atoms with Crippen LogP contribution in [0.25, 0.3) is 11.2 Å².